The minimum Gasteiger partial charge on any atom is -0.497 e. The number of nitrogens with zero attached hydrogens (tertiary/aromatic N) is 1. The van der Waals surface area contributed by atoms with Gasteiger partial charge in [-0.3, -0.25) is 10.1 Å². The van der Waals surface area contributed by atoms with Crippen LogP contribution >= 0.6 is 35.4 Å². The monoisotopic (exact) mass is 551 g/mol. The number of hydrogen-bond acceptors (Lipinski definition) is 6. The van der Waals surface area contributed by atoms with Crippen LogP contribution in [0.25, 0.3) is 33.9 Å². The molecule has 0 aliphatic rings. The van der Waals surface area contributed by atoms with Gasteiger partial charge >= 0.3 is 0 Å². The van der Waals surface area contributed by atoms with Gasteiger partial charge in [-0.25, -0.2) is 4.98 Å². The standard InChI is InChI=1S/C27H19Cl2N3O4S/c1-14-3-4-15(26-30-21-13-17(34-2)6-8-23(21)36-26)11-20(14)31-27(37)32-25(33)24-10-9-22(35-24)18-12-16(28)5-7-19(18)29/h3-13H,1-2H3,(H2,31,32,33,37). The summed E-state index contributed by atoms with van der Waals surface area (Å²) in [5, 5.41) is 6.75. The molecule has 0 unspecified atom stereocenters. The van der Waals surface area contributed by atoms with Crippen molar-refractivity contribution < 1.29 is 18.4 Å². The summed E-state index contributed by atoms with van der Waals surface area (Å²) in [6, 6.07) is 19.3. The second-order valence-corrected chi connectivity index (χ2v) is 9.33. The molecule has 0 atom stereocenters. The SMILES string of the molecule is COc1ccc2oc(-c3ccc(C)c(NC(=S)NC(=O)c4ccc(-c5cc(Cl)ccc5Cl)o4)c3)nc2c1. The fraction of sp³-hybridized carbons (Fsp3) is 0.0741. The van der Waals surface area contributed by atoms with Crippen molar-refractivity contribution in [2.45, 2.75) is 6.92 Å². The Morgan fingerprint density at radius 2 is 1.84 bits per heavy atom. The molecule has 2 heterocycles. The molecule has 7 nitrogen and oxygen atoms in total. The zero-order valence-corrected chi connectivity index (χ0v) is 21.9. The molecule has 37 heavy (non-hydrogen) atoms. The minimum absolute atomic E-state index is 0.0718. The third-order valence-electron chi connectivity index (χ3n) is 5.58. The van der Waals surface area contributed by atoms with Crippen molar-refractivity contribution in [3.8, 4) is 28.5 Å². The number of rotatable bonds is 5. The zero-order chi connectivity index (χ0) is 26.1. The summed E-state index contributed by atoms with van der Waals surface area (Å²) < 4.78 is 16.9. The van der Waals surface area contributed by atoms with Gasteiger partial charge < -0.3 is 18.9 Å². The lowest BCUT2D eigenvalue weighted by Gasteiger charge is -2.12. The molecular weight excluding hydrogens is 533 g/mol. The number of amides is 1. The summed E-state index contributed by atoms with van der Waals surface area (Å²) in [6.07, 6.45) is 0. The number of carbonyl (C=O) groups is 1. The van der Waals surface area contributed by atoms with E-state index in [1.54, 1.807) is 43.5 Å². The van der Waals surface area contributed by atoms with Crippen molar-refractivity contribution in [2.75, 3.05) is 12.4 Å². The number of nitrogens with one attached hydrogen (secondary N) is 2. The van der Waals surface area contributed by atoms with Crippen LogP contribution in [0.15, 0.2) is 75.6 Å². The van der Waals surface area contributed by atoms with Crippen molar-refractivity contribution in [2.24, 2.45) is 0 Å². The highest BCUT2D eigenvalue weighted by atomic mass is 35.5. The first-order valence-corrected chi connectivity index (χ1v) is 12.2. The van der Waals surface area contributed by atoms with Gasteiger partial charge in [-0.05, 0) is 79.3 Å². The van der Waals surface area contributed by atoms with Gasteiger partial charge in [0.15, 0.2) is 16.5 Å². The Labute approximate surface area is 227 Å². The van der Waals surface area contributed by atoms with Crippen molar-refractivity contribution in [3.05, 3.63) is 88.1 Å². The third-order valence-corrected chi connectivity index (χ3v) is 6.35. The lowest BCUT2D eigenvalue weighted by Crippen LogP contribution is -2.34. The number of oxazole rings is 1. The molecule has 5 aromatic rings. The van der Waals surface area contributed by atoms with Gasteiger partial charge in [0, 0.05) is 27.9 Å². The number of methoxy groups -OCH3 is 1. The molecule has 0 saturated heterocycles. The molecule has 2 aromatic heterocycles. The Bertz CT molecular complexity index is 1660. The first kappa shape index (κ1) is 24.8. The van der Waals surface area contributed by atoms with Gasteiger partial charge in [0.1, 0.15) is 17.0 Å². The molecule has 0 saturated carbocycles. The first-order chi connectivity index (χ1) is 17.8. The topological polar surface area (TPSA) is 89.5 Å². The average Bonchev–Trinajstić information content (AvgIpc) is 3.54. The number of fused-ring (bicyclic) bond motifs is 1. The number of aromatic nitrogens is 1. The van der Waals surface area contributed by atoms with E-state index in [1.807, 2.05) is 37.3 Å². The van der Waals surface area contributed by atoms with E-state index in [0.29, 0.717) is 49.8 Å². The van der Waals surface area contributed by atoms with Gasteiger partial charge in [0.25, 0.3) is 5.91 Å². The van der Waals surface area contributed by atoms with E-state index < -0.39 is 5.91 Å². The largest absolute Gasteiger partial charge is 0.497 e. The van der Waals surface area contributed by atoms with E-state index >= 15 is 0 Å². The number of carbonyl (C=O) groups excluding carboxylic acids is 1. The summed E-state index contributed by atoms with van der Waals surface area (Å²) in [5.41, 5.74) is 4.25. The maximum Gasteiger partial charge on any atom is 0.293 e. The highest BCUT2D eigenvalue weighted by molar-refractivity contribution is 7.80. The quantitative estimate of drug-likeness (QED) is 0.218. The van der Waals surface area contributed by atoms with Crippen LogP contribution in [-0.4, -0.2) is 23.1 Å². The third kappa shape index (κ3) is 5.32. The van der Waals surface area contributed by atoms with Crippen LogP contribution in [0.2, 0.25) is 10.0 Å². The highest BCUT2D eigenvalue weighted by Gasteiger charge is 2.17. The Hall–Kier alpha value is -3.85. The predicted octanol–water partition coefficient (Wildman–Crippen LogP) is 7.51. The summed E-state index contributed by atoms with van der Waals surface area (Å²) in [5.74, 6) is 1.12. The molecule has 10 heteroatoms. The van der Waals surface area contributed by atoms with Crippen LogP contribution in [0, 0.1) is 6.92 Å². The predicted molar refractivity (Wildman–Crippen MR) is 149 cm³/mol. The Morgan fingerprint density at radius 1 is 1.00 bits per heavy atom. The summed E-state index contributed by atoms with van der Waals surface area (Å²) in [6.45, 7) is 1.92. The Morgan fingerprint density at radius 3 is 2.65 bits per heavy atom. The highest BCUT2D eigenvalue weighted by Crippen LogP contribution is 2.32. The number of hydrogen-bond donors (Lipinski definition) is 2. The second-order valence-electron chi connectivity index (χ2n) is 8.08. The van der Waals surface area contributed by atoms with Gasteiger partial charge in [-0.1, -0.05) is 29.3 Å². The molecule has 1 amide bonds. The smallest absolute Gasteiger partial charge is 0.293 e. The van der Waals surface area contributed by atoms with Crippen molar-refractivity contribution in [1.82, 2.24) is 10.3 Å². The van der Waals surface area contributed by atoms with Crippen molar-refractivity contribution in [3.63, 3.8) is 0 Å². The molecule has 0 aliphatic heterocycles. The summed E-state index contributed by atoms with van der Waals surface area (Å²) in [7, 11) is 1.60. The van der Waals surface area contributed by atoms with Crippen LogP contribution in [0.3, 0.4) is 0 Å². The molecule has 186 valence electrons. The molecule has 0 fully saturated rings. The molecule has 0 bridgehead atoms. The lowest BCUT2D eigenvalue weighted by atomic mass is 10.1. The lowest BCUT2D eigenvalue weighted by molar-refractivity contribution is 0.0951. The van der Waals surface area contributed by atoms with E-state index in [2.05, 4.69) is 15.6 Å². The fourth-order valence-corrected chi connectivity index (χ4v) is 4.24. The number of furan rings is 1. The van der Waals surface area contributed by atoms with Crippen LogP contribution in [0.1, 0.15) is 16.1 Å². The molecule has 2 N–H and O–H groups in total. The summed E-state index contributed by atoms with van der Waals surface area (Å²) >= 11 is 17.7. The van der Waals surface area contributed by atoms with E-state index in [4.69, 9.17) is 49.0 Å². The van der Waals surface area contributed by atoms with Crippen molar-refractivity contribution in [1.29, 1.82) is 0 Å². The fourth-order valence-electron chi connectivity index (χ4n) is 3.66. The van der Waals surface area contributed by atoms with Gasteiger partial charge in [-0.2, -0.15) is 0 Å². The average molecular weight is 552 g/mol. The van der Waals surface area contributed by atoms with Gasteiger partial charge in [-0.15, -0.1) is 0 Å². The Kier molecular flexibility index (Phi) is 6.88. The van der Waals surface area contributed by atoms with Crippen LogP contribution in [0.5, 0.6) is 5.75 Å². The molecule has 0 aliphatic carbocycles. The molecule has 0 spiro atoms. The molecule has 0 radical (unpaired) electrons. The minimum atomic E-state index is -0.511. The normalized spacial score (nSPS) is 10.9. The van der Waals surface area contributed by atoms with Crippen LogP contribution in [0.4, 0.5) is 5.69 Å². The molecule has 5 rings (SSSR count). The maximum absolute atomic E-state index is 12.7. The van der Waals surface area contributed by atoms with Gasteiger partial charge in [0.2, 0.25) is 5.89 Å². The zero-order valence-electron chi connectivity index (χ0n) is 19.6. The summed E-state index contributed by atoms with van der Waals surface area (Å²) in [4.78, 5) is 17.3. The molecular formula is C27H19Cl2N3O4S. The Balaban J connectivity index is 1.31. The van der Waals surface area contributed by atoms with Crippen LogP contribution < -0.4 is 15.4 Å². The number of thiocarbonyl (C=S) groups is 1. The van der Waals surface area contributed by atoms with E-state index in [1.165, 1.54) is 0 Å². The number of benzene rings is 3. The van der Waals surface area contributed by atoms with Crippen LogP contribution in [-0.2, 0) is 0 Å². The maximum atomic E-state index is 12.7. The first-order valence-electron chi connectivity index (χ1n) is 11.0. The van der Waals surface area contributed by atoms with E-state index in [9.17, 15) is 4.79 Å². The van der Waals surface area contributed by atoms with Gasteiger partial charge in [0.05, 0.1) is 12.1 Å². The van der Waals surface area contributed by atoms with Crippen molar-refractivity contribution >= 4 is 63.2 Å². The second kappa shape index (κ2) is 10.3. The van der Waals surface area contributed by atoms with E-state index in [-0.39, 0.29) is 10.9 Å². The number of anilines is 1. The number of aryl methyl sites for hydroxylation is 1. The molecule has 3 aromatic carbocycles. The number of ether oxygens (including phenoxy) is 1. The van der Waals surface area contributed by atoms with E-state index in [0.717, 1.165) is 11.1 Å². The number of halogens is 2.